The molecule has 0 radical (unpaired) electrons. The van der Waals surface area contributed by atoms with Crippen LogP contribution < -0.4 is 5.56 Å². The van der Waals surface area contributed by atoms with Gasteiger partial charge >= 0.3 is 0 Å². The van der Waals surface area contributed by atoms with Gasteiger partial charge in [-0.15, -0.1) is 0 Å². The molecule has 6 heteroatoms. The summed E-state index contributed by atoms with van der Waals surface area (Å²) in [6.45, 7) is 1.21. The van der Waals surface area contributed by atoms with Crippen LogP contribution in [0.3, 0.4) is 0 Å². The SMILES string of the molecule is CN(Cc1cccc(Cl)c1)Cc1nc2c(oc3ccccc32)c(=O)[nH]1. The minimum Gasteiger partial charge on any atom is -0.449 e. The van der Waals surface area contributed by atoms with E-state index in [9.17, 15) is 4.79 Å². The Labute approximate surface area is 148 Å². The van der Waals surface area contributed by atoms with Crippen LogP contribution in [0, 0.1) is 0 Å². The molecule has 0 spiro atoms. The van der Waals surface area contributed by atoms with E-state index in [-0.39, 0.29) is 11.1 Å². The van der Waals surface area contributed by atoms with Crippen LogP contribution in [0.1, 0.15) is 11.4 Å². The summed E-state index contributed by atoms with van der Waals surface area (Å²) in [4.78, 5) is 21.8. The fourth-order valence-corrected chi connectivity index (χ4v) is 3.19. The molecule has 1 N–H and O–H groups in total. The Kier molecular flexibility index (Phi) is 4.03. The quantitative estimate of drug-likeness (QED) is 0.603. The van der Waals surface area contributed by atoms with E-state index in [1.165, 1.54) is 0 Å². The summed E-state index contributed by atoms with van der Waals surface area (Å²) >= 11 is 6.03. The van der Waals surface area contributed by atoms with Gasteiger partial charge in [0.1, 0.15) is 16.9 Å². The van der Waals surface area contributed by atoms with E-state index >= 15 is 0 Å². The van der Waals surface area contributed by atoms with Crippen LogP contribution in [0.5, 0.6) is 0 Å². The number of para-hydroxylation sites is 1. The van der Waals surface area contributed by atoms with Crippen LogP contribution in [0.2, 0.25) is 5.02 Å². The predicted octanol–water partition coefficient (Wildman–Crippen LogP) is 3.95. The highest BCUT2D eigenvalue weighted by Gasteiger charge is 2.13. The number of aromatic nitrogens is 2. The molecule has 0 aliphatic rings. The molecule has 0 fully saturated rings. The zero-order valence-electron chi connectivity index (χ0n) is 13.6. The molecular formula is C19H16ClN3O2. The summed E-state index contributed by atoms with van der Waals surface area (Å²) in [5.41, 5.74) is 2.38. The van der Waals surface area contributed by atoms with Gasteiger partial charge < -0.3 is 9.40 Å². The predicted molar refractivity (Wildman–Crippen MR) is 98.8 cm³/mol. The minimum absolute atomic E-state index is 0.257. The number of furan rings is 1. The average molecular weight is 354 g/mol. The van der Waals surface area contributed by atoms with Crippen molar-refractivity contribution in [2.24, 2.45) is 0 Å². The number of fused-ring (bicyclic) bond motifs is 3. The average Bonchev–Trinajstić information content (AvgIpc) is 2.94. The monoisotopic (exact) mass is 353 g/mol. The Morgan fingerprint density at radius 3 is 2.84 bits per heavy atom. The van der Waals surface area contributed by atoms with Crippen molar-refractivity contribution in [3.63, 3.8) is 0 Å². The molecular weight excluding hydrogens is 338 g/mol. The Bertz CT molecular complexity index is 1120. The summed E-state index contributed by atoms with van der Waals surface area (Å²) < 4.78 is 5.62. The van der Waals surface area contributed by atoms with E-state index in [0.717, 1.165) is 10.9 Å². The van der Waals surface area contributed by atoms with Gasteiger partial charge in [0, 0.05) is 17.0 Å². The molecule has 126 valence electrons. The lowest BCUT2D eigenvalue weighted by Crippen LogP contribution is -2.21. The number of rotatable bonds is 4. The highest BCUT2D eigenvalue weighted by atomic mass is 35.5. The van der Waals surface area contributed by atoms with Crippen LogP contribution in [0.4, 0.5) is 0 Å². The topological polar surface area (TPSA) is 62.1 Å². The van der Waals surface area contributed by atoms with E-state index in [0.29, 0.717) is 35.0 Å². The Morgan fingerprint density at radius 1 is 1.16 bits per heavy atom. The lowest BCUT2D eigenvalue weighted by Gasteiger charge is -2.16. The third-order valence-corrected chi connectivity index (χ3v) is 4.28. The maximum absolute atomic E-state index is 12.3. The summed E-state index contributed by atoms with van der Waals surface area (Å²) in [5, 5.41) is 1.56. The standard InChI is InChI=1S/C19H16ClN3O2/c1-23(10-12-5-4-6-13(20)9-12)11-16-21-17-14-7-2-3-8-15(14)25-18(17)19(24)22-16/h2-9H,10-11H2,1H3,(H,21,22,24). The smallest absolute Gasteiger partial charge is 0.294 e. The van der Waals surface area contributed by atoms with Gasteiger partial charge in [0.25, 0.3) is 5.56 Å². The summed E-state index contributed by atoms with van der Waals surface area (Å²) in [5.74, 6) is 0.605. The molecule has 0 unspecified atom stereocenters. The minimum atomic E-state index is -0.257. The first-order valence-corrected chi connectivity index (χ1v) is 8.31. The van der Waals surface area contributed by atoms with Gasteiger partial charge in [-0.2, -0.15) is 0 Å². The number of aromatic amines is 1. The number of nitrogens with one attached hydrogen (secondary N) is 1. The summed E-state index contributed by atoms with van der Waals surface area (Å²) in [6, 6.07) is 15.3. The van der Waals surface area contributed by atoms with Crippen molar-refractivity contribution in [3.8, 4) is 0 Å². The molecule has 2 heterocycles. The lowest BCUT2D eigenvalue weighted by molar-refractivity contribution is 0.310. The molecule has 0 aliphatic carbocycles. The number of benzene rings is 2. The zero-order chi connectivity index (χ0) is 17.4. The van der Waals surface area contributed by atoms with Crippen molar-refractivity contribution >= 4 is 33.7 Å². The number of nitrogens with zero attached hydrogens (tertiary/aromatic N) is 2. The second kappa shape index (κ2) is 6.35. The van der Waals surface area contributed by atoms with Crippen LogP contribution in [0.15, 0.2) is 57.7 Å². The zero-order valence-corrected chi connectivity index (χ0v) is 14.4. The molecule has 0 saturated carbocycles. The van der Waals surface area contributed by atoms with Crippen molar-refractivity contribution < 1.29 is 4.42 Å². The number of hydrogen-bond acceptors (Lipinski definition) is 4. The number of H-pyrrole nitrogens is 1. The second-order valence-corrected chi connectivity index (χ2v) is 6.53. The van der Waals surface area contributed by atoms with E-state index in [2.05, 4.69) is 14.9 Å². The van der Waals surface area contributed by atoms with Gasteiger partial charge in [0.05, 0.1) is 6.54 Å². The van der Waals surface area contributed by atoms with E-state index < -0.39 is 0 Å². The fourth-order valence-electron chi connectivity index (χ4n) is 2.98. The van der Waals surface area contributed by atoms with Crippen molar-refractivity contribution in [3.05, 3.63) is 75.3 Å². The fraction of sp³-hybridized carbons (Fsp3) is 0.158. The summed E-state index contributed by atoms with van der Waals surface area (Å²) in [7, 11) is 1.97. The van der Waals surface area contributed by atoms with Crippen LogP contribution in [-0.2, 0) is 13.1 Å². The van der Waals surface area contributed by atoms with Crippen molar-refractivity contribution in [2.45, 2.75) is 13.1 Å². The van der Waals surface area contributed by atoms with E-state index in [1.54, 1.807) is 0 Å². The van der Waals surface area contributed by atoms with Gasteiger partial charge in [-0.3, -0.25) is 9.69 Å². The molecule has 0 aliphatic heterocycles. The Hall–Kier alpha value is -2.63. The molecule has 0 bridgehead atoms. The highest BCUT2D eigenvalue weighted by molar-refractivity contribution is 6.30. The van der Waals surface area contributed by atoms with E-state index in [1.807, 2.05) is 55.6 Å². The van der Waals surface area contributed by atoms with Gasteiger partial charge in [0.15, 0.2) is 0 Å². The van der Waals surface area contributed by atoms with Crippen molar-refractivity contribution in [1.82, 2.24) is 14.9 Å². The molecule has 4 aromatic rings. The normalized spacial score (nSPS) is 11.6. The van der Waals surface area contributed by atoms with Gasteiger partial charge in [-0.05, 0) is 36.9 Å². The maximum atomic E-state index is 12.3. The van der Waals surface area contributed by atoms with Crippen LogP contribution >= 0.6 is 11.6 Å². The van der Waals surface area contributed by atoms with Gasteiger partial charge in [0.2, 0.25) is 5.58 Å². The van der Waals surface area contributed by atoms with Gasteiger partial charge in [-0.1, -0.05) is 35.9 Å². The lowest BCUT2D eigenvalue weighted by atomic mass is 10.2. The first kappa shape index (κ1) is 15.9. The van der Waals surface area contributed by atoms with Gasteiger partial charge in [-0.25, -0.2) is 4.98 Å². The highest BCUT2D eigenvalue weighted by Crippen LogP contribution is 2.24. The first-order chi connectivity index (χ1) is 12.1. The Balaban J connectivity index is 1.65. The molecule has 0 atom stereocenters. The maximum Gasteiger partial charge on any atom is 0.294 e. The molecule has 0 saturated heterocycles. The molecule has 2 aromatic heterocycles. The second-order valence-electron chi connectivity index (χ2n) is 6.09. The van der Waals surface area contributed by atoms with E-state index in [4.69, 9.17) is 16.0 Å². The molecule has 0 amide bonds. The molecule has 4 rings (SSSR count). The number of halogens is 1. The molecule has 5 nitrogen and oxygen atoms in total. The molecule has 2 aromatic carbocycles. The van der Waals surface area contributed by atoms with Crippen molar-refractivity contribution in [1.29, 1.82) is 0 Å². The van der Waals surface area contributed by atoms with Crippen LogP contribution in [-0.4, -0.2) is 21.9 Å². The first-order valence-electron chi connectivity index (χ1n) is 7.93. The number of hydrogen-bond donors (Lipinski definition) is 1. The molecule has 25 heavy (non-hydrogen) atoms. The third kappa shape index (κ3) is 3.16. The Morgan fingerprint density at radius 2 is 2.00 bits per heavy atom. The summed E-state index contributed by atoms with van der Waals surface area (Å²) in [6.07, 6.45) is 0. The van der Waals surface area contributed by atoms with Crippen molar-refractivity contribution in [2.75, 3.05) is 7.05 Å². The third-order valence-electron chi connectivity index (χ3n) is 4.04. The van der Waals surface area contributed by atoms with Crippen LogP contribution in [0.25, 0.3) is 22.1 Å². The largest absolute Gasteiger partial charge is 0.449 e.